The summed E-state index contributed by atoms with van der Waals surface area (Å²) in [7, 11) is 1.70. The Morgan fingerprint density at radius 2 is 1.90 bits per heavy atom. The summed E-state index contributed by atoms with van der Waals surface area (Å²) < 4.78 is 10.7. The molecule has 0 aromatic carbocycles. The number of methoxy groups -OCH3 is 1. The maximum atomic E-state index is 5.71. The quantitative estimate of drug-likeness (QED) is 0.255. The Balaban J connectivity index is 0. The molecule has 122 valence electrons. The van der Waals surface area contributed by atoms with E-state index in [0.29, 0.717) is 12.5 Å². The molecule has 0 spiro atoms. The molecule has 0 aromatic heterocycles. The minimum atomic E-state index is 0. The van der Waals surface area contributed by atoms with Gasteiger partial charge in [-0.3, -0.25) is 4.99 Å². The maximum Gasteiger partial charge on any atom is 0.191 e. The molecule has 6 heteroatoms. The lowest BCUT2D eigenvalue weighted by Gasteiger charge is -2.20. The van der Waals surface area contributed by atoms with Gasteiger partial charge in [0, 0.05) is 33.4 Å². The van der Waals surface area contributed by atoms with Crippen LogP contribution in [-0.4, -0.2) is 52.0 Å². The van der Waals surface area contributed by atoms with Gasteiger partial charge in [-0.25, -0.2) is 0 Å². The third kappa shape index (κ3) is 11.7. The predicted molar refractivity (Wildman–Crippen MR) is 96.1 cm³/mol. The van der Waals surface area contributed by atoms with Crippen LogP contribution in [0.2, 0.25) is 0 Å². The zero-order valence-corrected chi connectivity index (χ0v) is 15.9. The number of hydrogen-bond acceptors (Lipinski definition) is 3. The monoisotopic (exact) mass is 401 g/mol. The van der Waals surface area contributed by atoms with Crippen molar-refractivity contribution in [2.24, 2.45) is 10.9 Å². The summed E-state index contributed by atoms with van der Waals surface area (Å²) in [5, 5.41) is 6.45. The molecular formula is C14H32IN3O2. The Morgan fingerprint density at radius 3 is 2.40 bits per heavy atom. The fraction of sp³-hybridized carbons (Fsp3) is 0.929. The highest BCUT2D eigenvalue weighted by Gasteiger charge is 2.12. The van der Waals surface area contributed by atoms with Crippen molar-refractivity contribution in [3.8, 4) is 0 Å². The highest BCUT2D eigenvalue weighted by atomic mass is 127. The Labute approximate surface area is 141 Å². The second kappa shape index (κ2) is 15.3. The lowest BCUT2D eigenvalue weighted by molar-refractivity contribution is 0.0266. The smallest absolute Gasteiger partial charge is 0.191 e. The first kappa shape index (κ1) is 22.2. The van der Waals surface area contributed by atoms with Crippen molar-refractivity contribution in [2.45, 2.75) is 40.2 Å². The summed E-state index contributed by atoms with van der Waals surface area (Å²) in [4.78, 5) is 4.55. The first-order chi connectivity index (χ1) is 9.15. The molecule has 0 bridgehead atoms. The molecule has 0 radical (unpaired) electrons. The van der Waals surface area contributed by atoms with Crippen LogP contribution in [0.1, 0.15) is 34.1 Å². The molecule has 0 amide bonds. The van der Waals surface area contributed by atoms with E-state index in [1.54, 1.807) is 7.11 Å². The van der Waals surface area contributed by atoms with Crippen LogP contribution < -0.4 is 10.6 Å². The predicted octanol–water partition coefficient (Wildman–Crippen LogP) is 2.26. The summed E-state index contributed by atoms with van der Waals surface area (Å²) in [6.07, 6.45) is 1.24. The molecule has 0 saturated carbocycles. The van der Waals surface area contributed by atoms with Crippen LogP contribution in [0.5, 0.6) is 0 Å². The van der Waals surface area contributed by atoms with Gasteiger partial charge in [0.15, 0.2) is 5.96 Å². The molecule has 1 unspecified atom stereocenters. The average Bonchev–Trinajstić information content (AvgIpc) is 2.37. The van der Waals surface area contributed by atoms with E-state index in [-0.39, 0.29) is 30.1 Å². The molecule has 0 heterocycles. The molecule has 0 aromatic rings. The second-order valence-corrected chi connectivity index (χ2v) is 4.71. The van der Waals surface area contributed by atoms with Gasteiger partial charge >= 0.3 is 0 Å². The van der Waals surface area contributed by atoms with E-state index in [0.717, 1.165) is 38.6 Å². The van der Waals surface area contributed by atoms with Crippen molar-refractivity contribution in [1.82, 2.24) is 10.6 Å². The van der Waals surface area contributed by atoms with Crippen LogP contribution in [-0.2, 0) is 9.47 Å². The molecular weight excluding hydrogens is 369 g/mol. The lowest BCUT2D eigenvalue weighted by atomic mass is 10.0. The van der Waals surface area contributed by atoms with Crippen molar-refractivity contribution >= 4 is 29.9 Å². The molecule has 5 nitrogen and oxygen atoms in total. The average molecular weight is 401 g/mol. The lowest BCUT2D eigenvalue weighted by Crippen LogP contribution is -2.39. The fourth-order valence-electron chi connectivity index (χ4n) is 1.74. The highest BCUT2D eigenvalue weighted by molar-refractivity contribution is 14.0. The van der Waals surface area contributed by atoms with Gasteiger partial charge in [-0.15, -0.1) is 24.0 Å². The molecule has 2 N–H and O–H groups in total. The van der Waals surface area contributed by atoms with Gasteiger partial charge in [0.1, 0.15) is 0 Å². The molecule has 0 saturated heterocycles. The summed E-state index contributed by atoms with van der Waals surface area (Å²) in [6, 6.07) is 0. The Kier molecular flexibility index (Phi) is 17.0. The zero-order chi connectivity index (χ0) is 14.5. The number of nitrogens with one attached hydrogen (secondary N) is 2. The standard InChI is InChI=1S/C14H31N3O2.HI/c1-6-15-14(17-10-11-18-5)16-9-8-13(12(3)4)19-7-2;/h12-13H,6-11H2,1-5H3,(H2,15,16,17);1H. The van der Waals surface area contributed by atoms with Crippen LogP contribution in [0.3, 0.4) is 0 Å². The van der Waals surface area contributed by atoms with Gasteiger partial charge in [0.25, 0.3) is 0 Å². The molecule has 20 heavy (non-hydrogen) atoms. The molecule has 0 aliphatic heterocycles. The Hall–Kier alpha value is -0.0800. The van der Waals surface area contributed by atoms with Crippen molar-refractivity contribution in [1.29, 1.82) is 0 Å². The van der Waals surface area contributed by atoms with Gasteiger partial charge in [-0.2, -0.15) is 0 Å². The topological polar surface area (TPSA) is 54.9 Å². The van der Waals surface area contributed by atoms with Crippen LogP contribution >= 0.6 is 24.0 Å². The van der Waals surface area contributed by atoms with E-state index in [1.165, 1.54) is 0 Å². The van der Waals surface area contributed by atoms with E-state index in [9.17, 15) is 0 Å². The first-order valence-corrected chi connectivity index (χ1v) is 7.28. The Morgan fingerprint density at radius 1 is 1.20 bits per heavy atom. The largest absolute Gasteiger partial charge is 0.383 e. The van der Waals surface area contributed by atoms with Gasteiger partial charge in [-0.1, -0.05) is 13.8 Å². The SMILES string of the molecule is CCNC(=NCCC(OCC)C(C)C)NCCOC.I. The second-order valence-electron chi connectivity index (χ2n) is 4.71. The van der Waals surface area contributed by atoms with Crippen molar-refractivity contribution in [2.75, 3.05) is 40.0 Å². The zero-order valence-electron chi connectivity index (χ0n) is 13.6. The summed E-state index contributed by atoms with van der Waals surface area (Å²) in [6.45, 7) is 12.3. The van der Waals surface area contributed by atoms with E-state index in [4.69, 9.17) is 9.47 Å². The van der Waals surface area contributed by atoms with Crippen LogP contribution in [0.15, 0.2) is 4.99 Å². The molecule has 0 aliphatic rings. The third-order valence-corrected chi connectivity index (χ3v) is 2.75. The molecule has 0 fully saturated rings. The van der Waals surface area contributed by atoms with E-state index >= 15 is 0 Å². The minimum absolute atomic E-state index is 0. The Bertz CT molecular complexity index is 238. The molecule has 0 aliphatic carbocycles. The van der Waals surface area contributed by atoms with Crippen molar-refractivity contribution in [3.05, 3.63) is 0 Å². The molecule has 0 rings (SSSR count). The summed E-state index contributed by atoms with van der Waals surface area (Å²) in [5.41, 5.74) is 0. The number of ether oxygens (including phenoxy) is 2. The number of halogens is 1. The van der Waals surface area contributed by atoms with Gasteiger partial charge in [0.05, 0.1) is 12.7 Å². The normalized spacial score (nSPS) is 13.0. The van der Waals surface area contributed by atoms with E-state index < -0.39 is 0 Å². The minimum Gasteiger partial charge on any atom is -0.383 e. The maximum absolute atomic E-state index is 5.71. The van der Waals surface area contributed by atoms with Crippen LogP contribution in [0.25, 0.3) is 0 Å². The van der Waals surface area contributed by atoms with E-state index in [1.807, 2.05) is 6.92 Å². The summed E-state index contributed by atoms with van der Waals surface area (Å²) in [5.74, 6) is 1.37. The number of rotatable bonds is 10. The molecule has 1 atom stereocenters. The van der Waals surface area contributed by atoms with Gasteiger partial charge in [0.2, 0.25) is 0 Å². The third-order valence-electron chi connectivity index (χ3n) is 2.75. The number of guanidine groups is 1. The van der Waals surface area contributed by atoms with Crippen LogP contribution in [0.4, 0.5) is 0 Å². The number of hydrogen-bond donors (Lipinski definition) is 2. The van der Waals surface area contributed by atoms with Crippen molar-refractivity contribution < 1.29 is 9.47 Å². The summed E-state index contributed by atoms with van der Waals surface area (Å²) >= 11 is 0. The van der Waals surface area contributed by atoms with Gasteiger partial charge < -0.3 is 20.1 Å². The fourth-order valence-corrected chi connectivity index (χ4v) is 1.74. The number of nitrogens with zero attached hydrogens (tertiary/aromatic N) is 1. The number of aliphatic imine (C=N–C) groups is 1. The van der Waals surface area contributed by atoms with Gasteiger partial charge in [-0.05, 0) is 26.2 Å². The van der Waals surface area contributed by atoms with Crippen molar-refractivity contribution in [3.63, 3.8) is 0 Å². The first-order valence-electron chi connectivity index (χ1n) is 7.28. The highest BCUT2D eigenvalue weighted by Crippen LogP contribution is 2.10. The van der Waals surface area contributed by atoms with Crippen LogP contribution in [0, 0.1) is 5.92 Å². The van der Waals surface area contributed by atoms with E-state index in [2.05, 4.69) is 36.4 Å².